The van der Waals surface area contributed by atoms with Crippen molar-refractivity contribution in [2.24, 2.45) is 4.99 Å². The number of amides is 1. The zero-order valence-electron chi connectivity index (χ0n) is 17.4. The lowest BCUT2D eigenvalue weighted by atomic mass is 10.1. The summed E-state index contributed by atoms with van der Waals surface area (Å²) >= 11 is 0. The van der Waals surface area contributed by atoms with Gasteiger partial charge in [0.25, 0.3) is 5.91 Å². The first-order chi connectivity index (χ1) is 13.7. The molecule has 0 radical (unpaired) electrons. The van der Waals surface area contributed by atoms with Crippen LogP contribution in [0.3, 0.4) is 0 Å². The Morgan fingerprint density at radius 1 is 1.07 bits per heavy atom. The summed E-state index contributed by atoms with van der Waals surface area (Å²) in [6.07, 6.45) is 1.01. The first kappa shape index (κ1) is 24.7. The second-order valence-corrected chi connectivity index (χ2v) is 6.40. The quantitative estimate of drug-likeness (QED) is 0.210. The summed E-state index contributed by atoms with van der Waals surface area (Å²) in [6.45, 7) is 5.59. The van der Waals surface area contributed by atoms with Crippen molar-refractivity contribution >= 4 is 41.5 Å². The van der Waals surface area contributed by atoms with E-state index in [1.165, 1.54) is 5.69 Å². The first-order valence-electron chi connectivity index (χ1n) is 9.73. The number of carbonyl (C=O) groups is 1. The van der Waals surface area contributed by atoms with Crippen LogP contribution in [0.25, 0.3) is 0 Å². The van der Waals surface area contributed by atoms with E-state index in [0.717, 1.165) is 37.6 Å². The van der Waals surface area contributed by atoms with Gasteiger partial charge in [-0.15, -0.1) is 24.0 Å². The molecule has 0 aliphatic heterocycles. The van der Waals surface area contributed by atoms with Gasteiger partial charge in [-0.1, -0.05) is 30.3 Å². The smallest absolute Gasteiger partial charge is 0.251 e. The van der Waals surface area contributed by atoms with E-state index in [0.29, 0.717) is 12.1 Å². The number of aliphatic imine (C=N–C) groups is 1. The lowest BCUT2D eigenvalue weighted by Crippen LogP contribution is -2.38. The number of nitrogens with zero attached hydrogens (tertiary/aromatic N) is 2. The molecular weight excluding hydrogens is 477 g/mol. The molecule has 0 aliphatic rings. The van der Waals surface area contributed by atoms with E-state index in [2.05, 4.69) is 57.0 Å². The molecule has 7 heteroatoms. The Morgan fingerprint density at radius 2 is 1.83 bits per heavy atom. The SMILES string of the molecule is CCN(CCCNC(=NC)NCc1cccc(C(=O)NC)c1)c1ccccc1.I. The highest BCUT2D eigenvalue weighted by Crippen LogP contribution is 2.12. The van der Waals surface area contributed by atoms with Gasteiger partial charge < -0.3 is 20.9 Å². The van der Waals surface area contributed by atoms with Gasteiger partial charge in [0.05, 0.1) is 0 Å². The number of carbonyl (C=O) groups excluding carboxylic acids is 1. The van der Waals surface area contributed by atoms with E-state index in [9.17, 15) is 4.79 Å². The van der Waals surface area contributed by atoms with Crippen LogP contribution in [0.4, 0.5) is 5.69 Å². The Balaban J connectivity index is 0.00000420. The molecule has 2 aromatic carbocycles. The van der Waals surface area contributed by atoms with Crippen molar-refractivity contribution in [1.29, 1.82) is 0 Å². The highest BCUT2D eigenvalue weighted by atomic mass is 127. The van der Waals surface area contributed by atoms with Crippen LogP contribution in [0.1, 0.15) is 29.3 Å². The lowest BCUT2D eigenvalue weighted by molar-refractivity contribution is 0.0963. The van der Waals surface area contributed by atoms with E-state index in [1.807, 2.05) is 30.3 Å². The molecule has 0 saturated heterocycles. The van der Waals surface area contributed by atoms with Crippen LogP contribution in [0.2, 0.25) is 0 Å². The zero-order chi connectivity index (χ0) is 20.2. The van der Waals surface area contributed by atoms with Crippen LogP contribution in [0.5, 0.6) is 0 Å². The number of hydrogen-bond donors (Lipinski definition) is 3. The monoisotopic (exact) mass is 509 g/mol. The Labute approximate surface area is 191 Å². The van der Waals surface area contributed by atoms with Crippen molar-refractivity contribution in [1.82, 2.24) is 16.0 Å². The first-order valence-corrected chi connectivity index (χ1v) is 9.73. The van der Waals surface area contributed by atoms with Crippen LogP contribution in [-0.4, -0.2) is 45.6 Å². The van der Waals surface area contributed by atoms with E-state index in [-0.39, 0.29) is 29.9 Å². The van der Waals surface area contributed by atoms with Crippen molar-refractivity contribution in [2.75, 3.05) is 38.6 Å². The molecule has 1 amide bonds. The maximum absolute atomic E-state index is 11.7. The number of rotatable bonds is 9. The summed E-state index contributed by atoms with van der Waals surface area (Å²) in [6, 6.07) is 18.0. The molecule has 0 saturated carbocycles. The molecule has 0 aromatic heterocycles. The fourth-order valence-corrected chi connectivity index (χ4v) is 2.96. The average Bonchev–Trinajstić information content (AvgIpc) is 2.76. The van der Waals surface area contributed by atoms with Gasteiger partial charge in [0, 0.05) is 51.5 Å². The van der Waals surface area contributed by atoms with Crippen molar-refractivity contribution in [2.45, 2.75) is 19.9 Å². The number of nitrogens with one attached hydrogen (secondary N) is 3. The largest absolute Gasteiger partial charge is 0.372 e. The molecule has 2 rings (SSSR count). The molecule has 2 aromatic rings. The predicted molar refractivity (Wildman–Crippen MR) is 132 cm³/mol. The molecule has 0 atom stereocenters. The van der Waals surface area contributed by atoms with Gasteiger partial charge in [0.2, 0.25) is 0 Å². The summed E-state index contributed by atoms with van der Waals surface area (Å²) in [5, 5.41) is 9.29. The van der Waals surface area contributed by atoms with Crippen LogP contribution >= 0.6 is 24.0 Å². The van der Waals surface area contributed by atoms with Gasteiger partial charge in [-0.25, -0.2) is 0 Å². The normalized spacial score (nSPS) is 10.7. The van der Waals surface area contributed by atoms with E-state index in [1.54, 1.807) is 14.1 Å². The van der Waals surface area contributed by atoms with E-state index >= 15 is 0 Å². The summed E-state index contributed by atoms with van der Waals surface area (Å²) in [5.74, 6) is 0.677. The molecular formula is C22H32IN5O. The third-order valence-corrected chi connectivity index (χ3v) is 4.50. The third-order valence-electron chi connectivity index (χ3n) is 4.50. The van der Waals surface area contributed by atoms with Crippen molar-refractivity contribution < 1.29 is 4.79 Å². The topological polar surface area (TPSA) is 68.8 Å². The molecule has 3 N–H and O–H groups in total. The zero-order valence-corrected chi connectivity index (χ0v) is 19.8. The van der Waals surface area contributed by atoms with Gasteiger partial charge in [-0.3, -0.25) is 9.79 Å². The summed E-state index contributed by atoms with van der Waals surface area (Å²) in [7, 11) is 3.40. The molecule has 0 heterocycles. The highest BCUT2D eigenvalue weighted by Gasteiger charge is 2.05. The number of hydrogen-bond acceptors (Lipinski definition) is 3. The van der Waals surface area contributed by atoms with Crippen LogP contribution in [-0.2, 0) is 6.54 Å². The summed E-state index contributed by atoms with van der Waals surface area (Å²) in [4.78, 5) is 18.4. The number of para-hydroxylation sites is 1. The Bertz CT molecular complexity index is 767. The summed E-state index contributed by atoms with van der Waals surface area (Å²) < 4.78 is 0. The second-order valence-electron chi connectivity index (χ2n) is 6.40. The highest BCUT2D eigenvalue weighted by molar-refractivity contribution is 14.0. The minimum atomic E-state index is -0.0803. The maximum atomic E-state index is 11.7. The predicted octanol–water partition coefficient (Wildman–Crippen LogP) is 3.25. The lowest BCUT2D eigenvalue weighted by Gasteiger charge is -2.23. The van der Waals surface area contributed by atoms with Gasteiger partial charge in [-0.2, -0.15) is 0 Å². The fraction of sp³-hybridized carbons (Fsp3) is 0.364. The van der Waals surface area contributed by atoms with Crippen molar-refractivity contribution in [3.63, 3.8) is 0 Å². The van der Waals surface area contributed by atoms with Gasteiger partial charge in [-0.05, 0) is 43.2 Å². The molecule has 158 valence electrons. The molecule has 0 bridgehead atoms. The van der Waals surface area contributed by atoms with Crippen molar-refractivity contribution in [3.8, 4) is 0 Å². The second kappa shape index (κ2) is 13.8. The standard InChI is InChI=1S/C22H31N5O.HI/c1-4-27(20-12-6-5-7-13-20)15-9-14-25-22(24-3)26-17-18-10-8-11-19(16-18)21(28)23-2;/h5-8,10-13,16H,4,9,14-15,17H2,1-3H3,(H,23,28)(H2,24,25,26);1H. The number of benzene rings is 2. The van der Waals surface area contributed by atoms with Crippen LogP contribution in [0.15, 0.2) is 59.6 Å². The third kappa shape index (κ3) is 8.31. The number of anilines is 1. The van der Waals surface area contributed by atoms with E-state index in [4.69, 9.17) is 0 Å². The molecule has 0 fully saturated rings. The van der Waals surface area contributed by atoms with Crippen molar-refractivity contribution in [3.05, 3.63) is 65.7 Å². The molecule has 0 unspecified atom stereocenters. The molecule has 6 nitrogen and oxygen atoms in total. The minimum Gasteiger partial charge on any atom is -0.372 e. The Hall–Kier alpha value is -2.29. The average molecular weight is 509 g/mol. The Kier molecular flexibility index (Phi) is 11.8. The molecule has 0 aliphatic carbocycles. The van der Waals surface area contributed by atoms with Crippen LogP contribution < -0.4 is 20.9 Å². The van der Waals surface area contributed by atoms with Gasteiger partial charge in [0.15, 0.2) is 5.96 Å². The fourth-order valence-electron chi connectivity index (χ4n) is 2.96. The van der Waals surface area contributed by atoms with Gasteiger partial charge >= 0.3 is 0 Å². The maximum Gasteiger partial charge on any atom is 0.251 e. The van der Waals surface area contributed by atoms with E-state index < -0.39 is 0 Å². The minimum absolute atomic E-state index is 0. The molecule has 0 spiro atoms. The van der Waals surface area contributed by atoms with Crippen LogP contribution in [0, 0.1) is 0 Å². The Morgan fingerprint density at radius 3 is 2.48 bits per heavy atom. The number of halogens is 1. The summed E-state index contributed by atoms with van der Waals surface area (Å²) in [5.41, 5.74) is 2.94. The number of guanidine groups is 1. The molecule has 29 heavy (non-hydrogen) atoms. The van der Waals surface area contributed by atoms with Gasteiger partial charge in [0.1, 0.15) is 0 Å².